The minimum atomic E-state index is -4.57. The summed E-state index contributed by atoms with van der Waals surface area (Å²) in [6.45, 7) is 2.19. The molecule has 38 heavy (non-hydrogen) atoms. The first-order chi connectivity index (χ1) is 18.0. The number of amides is 1. The molecule has 0 saturated heterocycles. The monoisotopic (exact) mass is 525 g/mol. The van der Waals surface area contributed by atoms with E-state index in [4.69, 9.17) is 0 Å². The lowest BCUT2D eigenvalue weighted by atomic mass is 9.62. The Morgan fingerprint density at radius 3 is 2.55 bits per heavy atom. The predicted molar refractivity (Wildman–Crippen MR) is 135 cm³/mol. The number of alkyl halides is 3. The van der Waals surface area contributed by atoms with E-state index in [1.54, 1.807) is 24.5 Å². The molecule has 6 rings (SSSR count). The van der Waals surface area contributed by atoms with Gasteiger partial charge in [0.1, 0.15) is 12.2 Å². The molecule has 1 amide bonds. The number of hydrogen-bond donors (Lipinski definition) is 2. The number of aryl methyl sites for hydroxylation is 1. The second-order valence-corrected chi connectivity index (χ2v) is 11.3. The van der Waals surface area contributed by atoms with Gasteiger partial charge in [-0.1, -0.05) is 12.1 Å². The maximum absolute atomic E-state index is 14.1. The molecule has 2 N–H and O–H groups in total. The van der Waals surface area contributed by atoms with E-state index >= 15 is 0 Å². The van der Waals surface area contributed by atoms with Crippen LogP contribution in [0.3, 0.4) is 0 Å². The highest BCUT2D eigenvalue weighted by atomic mass is 19.4. The zero-order chi connectivity index (χ0) is 26.9. The molecule has 3 aliphatic rings. The zero-order valence-corrected chi connectivity index (χ0v) is 21.3. The van der Waals surface area contributed by atoms with Gasteiger partial charge in [-0.2, -0.15) is 13.2 Å². The predicted octanol–water partition coefficient (Wildman–Crippen LogP) is 4.47. The summed E-state index contributed by atoms with van der Waals surface area (Å²) in [7, 11) is 1.84. The van der Waals surface area contributed by atoms with Crippen molar-refractivity contribution in [2.45, 2.75) is 75.4 Å². The Morgan fingerprint density at radius 2 is 1.95 bits per heavy atom. The van der Waals surface area contributed by atoms with Crippen molar-refractivity contribution in [1.82, 2.24) is 20.1 Å². The van der Waals surface area contributed by atoms with Crippen LogP contribution in [-0.2, 0) is 31.7 Å². The van der Waals surface area contributed by atoms with Crippen LogP contribution in [0, 0.1) is 0 Å². The Labute approximate surface area is 218 Å². The van der Waals surface area contributed by atoms with Crippen molar-refractivity contribution >= 4 is 11.6 Å². The van der Waals surface area contributed by atoms with Crippen LogP contribution in [0.5, 0.6) is 0 Å². The maximum atomic E-state index is 14.1. The molecule has 7 nitrogen and oxygen atoms in total. The molecule has 0 radical (unpaired) electrons. The summed E-state index contributed by atoms with van der Waals surface area (Å²) in [4.78, 5) is 15.0. The first-order valence-electron chi connectivity index (χ1n) is 12.9. The largest absolute Gasteiger partial charge is 0.416 e. The van der Waals surface area contributed by atoms with E-state index in [9.17, 15) is 23.1 Å². The van der Waals surface area contributed by atoms with Crippen LogP contribution in [0.2, 0.25) is 0 Å². The van der Waals surface area contributed by atoms with Crippen molar-refractivity contribution < 1.29 is 23.1 Å². The lowest BCUT2D eigenvalue weighted by Crippen LogP contribution is -2.47. The summed E-state index contributed by atoms with van der Waals surface area (Å²) in [6, 6.07) is 10.1. The molecule has 1 aliphatic heterocycles. The molecule has 1 aromatic heterocycles. The number of fused-ring (bicyclic) bond motifs is 1. The van der Waals surface area contributed by atoms with Gasteiger partial charge in [-0.3, -0.25) is 4.79 Å². The first-order valence-corrected chi connectivity index (χ1v) is 12.9. The van der Waals surface area contributed by atoms with Crippen molar-refractivity contribution in [1.29, 1.82) is 0 Å². The summed E-state index contributed by atoms with van der Waals surface area (Å²) in [6.07, 6.45) is 0.510. The Balaban J connectivity index is 1.34. The lowest BCUT2D eigenvalue weighted by molar-refractivity contribution is -0.138. The number of carbonyl (C=O) groups excluding carboxylic acids is 1. The van der Waals surface area contributed by atoms with Gasteiger partial charge in [-0.05, 0) is 80.0 Å². The number of nitrogens with zero attached hydrogens (tertiary/aromatic N) is 4. The van der Waals surface area contributed by atoms with Gasteiger partial charge in [0.25, 0.3) is 5.91 Å². The van der Waals surface area contributed by atoms with Gasteiger partial charge in [-0.25, -0.2) is 0 Å². The van der Waals surface area contributed by atoms with Crippen molar-refractivity contribution in [3.8, 4) is 0 Å². The minimum absolute atomic E-state index is 0.00795. The smallest absolute Gasteiger partial charge is 0.393 e. The van der Waals surface area contributed by atoms with Crippen LogP contribution in [0.15, 0.2) is 42.7 Å². The van der Waals surface area contributed by atoms with Crippen molar-refractivity contribution in [3.05, 3.63) is 76.4 Å². The number of carbonyl (C=O) groups is 1. The van der Waals surface area contributed by atoms with Crippen molar-refractivity contribution in [2.24, 2.45) is 7.05 Å². The van der Waals surface area contributed by atoms with Crippen molar-refractivity contribution in [3.63, 3.8) is 0 Å². The SMILES string of the molecule is Cn1cnnc1C1(c2cccc(N3Cc4c(cc(CNC5(C)CCC5)cc4C(F)(F)F)C3=O)c2)CC(O)C1. The number of aliphatic hydroxyl groups excluding tert-OH is 1. The fraction of sp³-hybridized carbons (Fsp3) is 0.464. The highest BCUT2D eigenvalue weighted by molar-refractivity contribution is 6.10. The van der Waals surface area contributed by atoms with Crippen LogP contribution in [-0.4, -0.2) is 37.4 Å². The van der Waals surface area contributed by atoms with E-state index in [-0.39, 0.29) is 29.8 Å². The van der Waals surface area contributed by atoms with Crippen LogP contribution < -0.4 is 10.2 Å². The number of rotatable bonds is 6. The molecule has 2 saturated carbocycles. The molecule has 200 valence electrons. The highest BCUT2D eigenvalue weighted by Crippen LogP contribution is 2.49. The Morgan fingerprint density at radius 1 is 1.18 bits per heavy atom. The number of nitrogens with one attached hydrogen (secondary N) is 1. The van der Waals surface area contributed by atoms with Gasteiger partial charge < -0.3 is 19.9 Å². The number of anilines is 1. The van der Waals surface area contributed by atoms with E-state index < -0.39 is 29.2 Å². The second kappa shape index (κ2) is 8.64. The minimum Gasteiger partial charge on any atom is -0.393 e. The second-order valence-electron chi connectivity index (χ2n) is 11.3. The Kier molecular flexibility index (Phi) is 5.70. The third-order valence-corrected chi connectivity index (χ3v) is 8.60. The van der Waals surface area contributed by atoms with Crippen molar-refractivity contribution in [2.75, 3.05) is 4.90 Å². The number of aliphatic hydroxyl groups is 1. The summed E-state index contributed by atoms with van der Waals surface area (Å²) >= 11 is 0. The van der Waals surface area contributed by atoms with E-state index in [1.807, 2.05) is 23.7 Å². The van der Waals surface area contributed by atoms with E-state index in [0.29, 0.717) is 29.9 Å². The van der Waals surface area contributed by atoms with Gasteiger partial charge in [0.2, 0.25) is 0 Å². The van der Waals surface area contributed by atoms with Gasteiger partial charge >= 0.3 is 6.18 Å². The molecular weight excluding hydrogens is 495 g/mol. The summed E-state index contributed by atoms with van der Waals surface area (Å²) in [5.74, 6) is 0.258. The number of aromatic nitrogens is 3. The molecule has 2 fully saturated rings. The molecule has 2 aliphatic carbocycles. The maximum Gasteiger partial charge on any atom is 0.416 e. The van der Waals surface area contributed by atoms with Gasteiger partial charge in [0, 0.05) is 30.4 Å². The first kappa shape index (κ1) is 25.1. The molecule has 0 atom stereocenters. The van der Waals surface area contributed by atoms with Crippen LogP contribution in [0.25, 0.3) is 0 Å². The van der Waals surface area contributed by atoms with Crippen LogP contribution in [0.1, 0.15) is 77.5 Å². The highest BCUT2D eigenvalue weighted by Gasteiger charge is 2.50. The van der Waals surface area contributed by atoms with Gasteiger partial charge in [0.15, 0.2) is 0 Å². The van der Waals surface area contributed by atoms with E-state index in [0.717, 1.165) is 24.8 Å². The average Bonchev–Trinajstić information content (AvgIpc) is 3.41. The third kappa shape index (κ3) is 4.01. The number of hydrogen-bond acceptors (Lipinski definition) is 5. The quantitative estimate of drug-likeness (QED) is 0.496. The fourth-order valence-electron chi connectivity index (χ4n) is 6.21. The van der Waals surface area contributed by atoms with Crippen LogP contribution >= 0.6 is 0 Å². The molecule has 0 spiro atoms. The Hall–Kier alpha value is -3.24. The Bertz CT molecular complexity index is 1410. The van der Waals surface area contributed by atoms with Gasteiger partial charge in [0.05, 0.1) is 23.6 Å². The molecule has 2 aromatic carbocycles. The zero-order valence-electron chi connectivity index (χ0n) is 21.3. The van der Waals surface area contributed by atoms with Gasteiger partial charge in [-0.15, -0.1) is 10.2 Å². The molecule has 2 heterocycles. The van der Waals surface area contributed by atoms with E-state index in [1.165, 1.54) is 11.0 Å². The number of benzene rings is 2. The topological polar surface area (TPSA) is 83.3 Å². The normalized spacial score (nSPS) is 24.2. The number of halogens is 3. The molecule has 0 unspecified atom stereocenters. The summed E-state index contributed by atoms with van der Waals surface area (Å²) in [5.41, 5.74) is 0.520. The molecule has 3 aromatic rings. The summed E-state index contributed by atoms with van der Waals surface area (Å²) < 4.78 is 44.3. The standard InChI is InChI=1S/C28H30F3N5O2/c1-26(7-4-8-26)32-14-17-9-21-22(23(10-17)28(29,30)31)15-36(24(21)38)19-6-3-5-18(11-19)27(12-20(37)13-27)25-34-33-16-35(25)2/h3,5-6,9-11,16,20,32,37H,4,7-8,12-15H2,1-2H3. The average molecular weight is 526 g/mol. The molecular formula is C28H30F3N5O2. The van der Waals surface area contributed by atoms with E-state index in [2.05, 4.69) is 22.4 Å². The lowest BCUT2D eigenvalue weighted by Gasteiger charge is -2.45. The fourth-order valence-corrected chi connectivity index (χ4v) is 6.21. The van der Waals surface area contributed by atoms with Crippen LogP contribution in [0.4, 0.5) is 18.9 Å². The molecule has 10 heteroatoms. The third-order valence-electron chi connectivity index (χ3n) is 8.60. The summed E-state index contributed by atoms with van der Waals surface area (Å²) in [5, 5.41) is 21.8. The molecule has 0 bridgehead atoms.